The van der Waals surface area contributed by atoms with Gasteiger partial charge in [-0.25, -0.2) is 0 Å². The van der Waals surface area contributed by atoms with Crippen LogP contribution in [0.15, 0.2) is 0 Å². The SMILES string of the molecule is CCCOC1(C(C)=O)CCSCC1. The summed E-state index contributed by atoms with van der Waals surface area (Å²) in [7, 11) is 0. The molecule has 0 N–H and O–H groups in total. The molecule has 0 spiro atoms. The number of ketones is 1. The van der Waals surface area contributed by atoms with E-state index in [-0.39, 0.29) is 5.78 Å². The van der Waals surface area contributed by atoms with Crippen LogP contribution in [0.3, 0.4) is 0 Å². The third-order valence-corrected chi connectivity index (χ3v) is 3.51. The molecule has 3 heteroatoms. The van der Waals surface area contributed by atoms with E-state index in [0.29, 0.717) is 6.61 Å². The van der Waals surface area contributed by atoms with Gasteiger partial charge in [0.1, 0.15) is 5.60 Å². The van der Waals surface area contributed by atoms with E-state index >= 15 is 0 Å². The molecule has 0 amide bonds. The van der Waals surface area contributed by atoms with E-state index in [0.717, 1.165) is 30.8 Å². The van der Waals surface area contributed by atoms with E-state index in [2.05, 4.69) is 6.92 Å². The van der Waals surface area contributed by atoms with Gasteiger partial charge in [-0.05, 0) is 37.7 Å². The average molecular weight is 202 g/mol. The van der Waals surface area contributed by atoms with Crippen LogP contribution in [-0.2, 0) is 9.53 Å². The van der Waals surface area contributed by atoms with Gasteiger partial charge in [-0.15, -0.1) is 0 Å². The van der Waals surface area contributed by atoms with Crippen molar-refractivity contribution in [2.24, 2.45) is 0 Å². The molecular formula is C10H18O2S. The highest BCUT2D eigenvalue weighted by Crippen LogP contribution is 2.31. The van der Waals surface area contributed by atoms with E-state index in [9.17, 15) is 4.79 Å². The Balaban J connectivity index is 2.56. The van der Waals surface area contributed by atoms with E-state index in [1.807, 2.05) is 11.8 Å². The van der Waals surface area contributed by atoms with Crippen molar-refractivity contribution in [2.75, 3.05) is 18.1 Å². The van der Waals surface area contributed by atoms with Gasteiger partial charge in [0.15, 0.2) is 5.78 Å². The molecule has 0 aromatic carbocycles. The molecule has 0 aromatic rings. The molecule has 0 bridgehead atoms. The van der Waals surface area contributed by atoms with Crippen LogP contribution in [0, 0.1) is 0 Å². The summed E-state index contributed by atoms with van der Waals surface area (Å²) in [5.41, 5.74) is -0.429. The van der Waals surface area contributed by atoms with Crippen molar-refractivity contribution in [3.8, 4) is 0 Å². The van der Waals surface area contributed by atoms with E-state index in [1.54, 1.807) is 6.92 Å². The molecule has 0 radical (unpaired) electrons. The molecular weight excluding hydrogens is 184 g/mol. The fraction of sp³-hybridized carbons (Fsp3) is 0.900. The molecule has 1 saturated heterocycles. The minimum absolute atomic E-state index is 0.209. The van der Waals surface area contributed by atoms with Gasteiger partial charge in [-0.3, -0.25) is 4.79 Å². The predicted molar refractivity (Wildman–Crippen MR) is 56.2 cm³/mol. The molecule has 13 heavy (non-hydrogen) atoms. The van der Waals surface area contributed by atoms with Crippen LogP contribution in [0.1, 0.15) is 33.1 Å². The van der Waals surface area contributed by atoms with Crippen LogP contribution in [-0.4, -0.2) is 29.5 Å². The van der Waals surface area contributed by atoms with Gasteiger partial charge in [0.2, 0.25) is 0 Å². The third-order valence-electron chi connectivity index (χ3n) is 2.52. The Hall–Kier alpha value is -0.0200. The molecule has 1 fully saturated rings. The number of thioether (sulfide) groups is 1. The highest BCUT2D eigenvalue weighted by atomic mass is 32.2. The fourth-order valence-electron chi connectivity index (χ4n) is 1.60. The Bertz CT molecular complexity index is 174. The van der Waals surface area contributed by atoms with Crippen molar-refractivity contribution in [1.29, 1.82) is 0 Å². The Morgan fingerprint density at radius 2 is 2.08 bits per heavy atom. The molecule has 1 aliphatic rings. The number of ether oxygens (including phenoxy) is 1. The van der Waals surface area contributed by atoms with Crippen LogP contribution in [0.4, 0.5) is 0 Å². The number of hydrogen-bond donors (Lipinski definition) is 0. The first-order valence-corrected chi connectivity index (χ1v) is 6.09. The van der Waals surface area contributed by atoms with Crippen molar-refractivity contribution in [3.63, 3.8) is 0 Å². The molecule has 0 aliphatic carbocycles. The number of rotatable bonds is 4. The molecule has 0 unspecified atom stereocenters. The van der Waals surface area contributed by atoms with Crippen LogP contribution >= 0.6 is 11.8 Å². The van der Waals surface area contributed by atoms with Crippen LogP contribution in [0.2, 0.25) is 0 Å². The fourth-order valence-corrected chi connectivity index (χ4v) is 2.75. The van der Waals surface area contributed by atoms with Crippen LogP contribution < -0.4 is 0 Å². The minimum Gasteiger partial charge on any atom is -0.367 e. The topological polar surface area (TPSA) is 26.3 Å². The lowest BCUT2D eigenvalue weighted by Crippen LogP contribution is -2.43. The lowest BCUT2D eigenvalue weighted by Gasteiger charge is -2.34. The third kappa shape index (κ3) is 2.71. The second-order valence-corrected chi connectivity index (χ2v) is 4.74. The molecule has 1 rings (SSSR count). The van der Waals surface area contributed by atoms with Gasteiger partial charge >= 0.3 is 0 Å². The molecule has 0 saturated carbocycles. The van der Waals surface area contributed by atoms with Crippen molar-refractivity contribution in [3.05, 3.63) is 0 Å². The maximum absolute atomic E-state index is 11.5. The normalized spacial score (nSPS) is 21.4. The molecule has 0 atom stereocenters. The van der Waals surface area contributed by atoms with Crippen molar-refractivity contribution >= 4 is 17.5 Å². The summed E-state index contributed by atoms with van der Waals surface area (Å²) in [6.07, 6.45) is 2.78. The van der Waals surface area contributed by atoms with Gasteiger partial charge in [-0.2, -0.15) is 11.8 Å². The van der Waals surface area contributed by atoms with Gasteiger partial charge in [0.25, 0.3) is 0 Å². The molecule has 76 valence electrons. The quantitative estimate of drug-likeness (QED) is 0.699. The first-order chi connectivity index (χ1) is 6.21. The first-order valence-electron chi connectivity index (χ1n) is 4.94. The summed E-state index contributed by atoms with van der Waals surface area (Å²) in [5.74, 6) is 2.33. The standard InChI is InChI=1S/C10H18O2S/c1-3-6-12-10(9(2)11)4-7-13-8-5-10/h3-8H2,1-2H3. The molecule has 0 aromatic heterocycles. The molecule has 1 heterocycles. The summed E-state index contributed by atoms with van der Waals surface area (Å²) >= 11 is 1.92. The summed E-state index contributed by atoms with van der Waals surface area (Å²) < 4.78 is 5.72. The van der Waals surface area contributed by atoms with Gasteiger partial charge in [-0.1, -0.05) is 6.92 Å². The van der Waals surface area contributed by atoms with Gasteiger partial charge < -0.3 is 4.74 Å². The average Bonchev–Trinajstić information content (AvgIpc) is 2.16. The number of carbonyl (C=O) groups excluding carboxylic acids is 1. The summed E-state index contributed by atoms with van der Waals surface area (Å²) in [4.78, 5) is 11.5. The summed E-state index contributed by atoms with van der Waals surface area (Å²) in [5, 5.41) is 0. The Kier molecular flexibility index (Phi) is 4.26. The smallest absolute Gasteiger partial charge is 0.161 e. The van der Waals surface area contributed by atoms with E-state index in [1.165, 1.54) is 0 Å². The number of Topliss-reactive ketones (excluding diaryl/α,β-unsaturated/α-hetero) is 1. The first kappa shape index (κ1) is 11.1. The predicted octanol–water partition coefficient (Wildman–Crippen LogP) is 2.27. The number of carbonyl (C=O) groups is 1. The largest absolute Gasteiger partial charge is 0.367 e. The summed E-state index contributed by atoms with van der Waals surface area (Å²) in [6, 6.07) is 0. The second-order valence-electron chi connectivity index (χ2n) is 3.51. The van der Waals surface area contributed by atoms with Crippen molar-refractivity contribution in [2.45, 2.75) is 38.7 Å². The Labute approximate surface area is 84.4 Å². The molecule has 1 aliphatic heterocycles. The van der Waals surface area contributed by atoms with Gasteiger partial charge in [0.05, 0.1) is 0 Å². The van der Waals surface area contributed by atoms with E-state index < -0.39 is 5.60 Å². The number of hydrogen-bond acceptors (Lipinski definition) is 3. The van der Waals surface area contributed by atoms with Crippen LogP contribution in [0.25, 0.3) is 0 Å². The van der Waals surface area contributed by atoms with Crippen molar-refractivity contribution in [1.82, 2.24) is 0 Å². The zero-order valence-electron chi connectivity index (χ0n) is 8.47. The lowest BCUT2D eigenvalue weighted by atomic mass is 9.92. The lowest BCUT2D eigenvalue weighted by molar-refractivity contribution is -0.143. The van der Waals surface area contributed by atoms with Gasteiger partial charge in [0, 0.05) is 6.61 Å². The Morgan fingerprint density at radius 3 is 2.54 bits per heavy atom. The highest BCUT2D eigenvalue weighted by Gasteiger charge is 2.37. The van der Waals surface area contributed by atoms with Crippen LogP contribution in [0.5, 0.6) is 0 Å². The zero-order chi connectivity index (χ0) is 9.73. The zero-order valence-corrected chi connectivity index (χ0v) is 9.28. The van der Waals surface area contributed by atoms with Crippen molar-refractivity contribution < 1.29 is 9.53 Å². The summed E-state index contributed by atoms with van der Waals surface area (Å²) in [6.45, 7) is 4.45. The van der Waals surface area contributed by atoms with E-state index in [4.69, 9.17) is 4.74 Å². The minimum atomic E-state index is -0.429. The monoisotopic (exact) mass is 202 g/mol. The Morgan fingerprint density at radius 1 is 1.46 bits per heavy atom. The highest BCUT2D eigenvalue weighted by molar-refractivity contribution is 7.99. The maximum Gasteiger partial charge on any atom is 0.161 e. The second kappa shape index (κ2) is 5.01. The molecule has 2 nitrogen and oxygen atoms in total. The maximum atomic E-state index is 11.5.